The van der Waals surface area contributed by atoms with Gasteiger partial charge in [0.25, 0.3) is 0 Å². The van der Waals surface area contributed by atoms with Crippen molar-refractivity contribution in [3.05, 3.63) is 35.4 Å². The average Bonchev–Trinajstić information content (AvgIpc) is 2.96. The zero-order valence-corrected chi connectivity index (χ0v) is 26.4. The van der Waals surface area contributed by atoms with Crippen molar-refractivity contribution in [3.63, 3.8) is 0 Å². The minimum Gasteiger partial charge on any atom is -0.462 e. The molecular formula is C34H60N2O4. The molecule has 0 fully saturated rings. The Balaban J connectivity index is 2.23. The highest BCUT2D eigenvalue weighted by Gasteiger charge is 2.19. The topological polar surface area (TPSA) is 59.1 Å². The molecule has 0 radical (unpaired) electrons. The fourth-order valence-electron chi connectivity index (χ4n) is 4.89. The van der Waals surface area contributed by atoms with Crippen LogP contribution in [-0.2, 0) is 9.47 Å². The van der Waals surface area contributed by atoms with E-state index in [1.165, 1.54) is 89.9 Å². The first kappa shape index (κ1) is 36.1. The number of carbonyl (C=O) groups is 2. The highest BCUT2D eigenvalue weighted by atomic mass is 16.5. The minimum absolute atomic E-state index is 0.278. The molecule has 0 aliphatic carbocycles. The molecule has 0 N–H and O–H groups in total. The summed E-state index contributed by atoms with van der Waals surface area (Å²) in [6, 6.07) is 6.79. The van der Waals surface area contributed by atoms with Crippen LogP contribution in [0.2, 0.25) is 0 Å². The fraction of sp³-hybridized carbons (Fsp3) is 0.765. The van der Waals surface area contributed by atoms with Gasteiger partial charge in [-0.3, -0.25) is 0 Å². The van der Waals surface area contributed by atoms with Gasteiger partial charge in [0.05, 0.1) is 24.3 Å². The summed E-state index contributed by atoms with van der Waals surface area (Å²) < 4.78 is 11.0. The van der Waals surface area contributed by atoms with Crippen molar-refractivity contribution >= 4 is 11.9 Å². The number of benzene rings is 1. The summed E-state index contributed by atoms with van der Waals surface area (Å²) in [5.41, 5.74) is 0.556. The van der Waals surface area contributed by atoms with Crippen LogP contribution in [0.25, 0.3) is 0 Å². The van der Waals surface area contributed by atoms with Gasteiger partial charge in [0.2, 0.25) is 0 Å². The molecule has 0 saturated carbocycles. The summed E-state index contributed by atoms with van der Waals surface area (Å²) in [5.74, 6) is -0.923. The Morgan fingerprint density at radius 2 is 0.850 bits per heavy atom. The lowest BCUT2D eigenvalue weighted by molar-refractivity contribution is 0.0444. The molecule has 0 atom stereocenters. The van der Waals surface area contributed by atoms with Crippen LogP contribution in [0.15, 0.2) is 24.3 Å². The van der Waals surface area contributed by atoms with E-state index >= 15 is 0 Å². The SMILES string of the molecule is CCCCCCCCCN(C)CCCOC(=O)c1ccccc1C(=O)OCCCN(C)CCCCCCCCC. The molecule has 1 rings (SSSR count). The van der Waals surface area contributed by atoms with Crippen LogP contribution >= 0.6 is 0 Å². The highest BCUT2D eigenvalue weighted by molar-refractivity contribution is 6.03. The van der Waals surface area contributed by atoms with E-state index in [2.05, 4.69) is 37.7 Å². The number of rotatable bonds is 26. The molecule has 0 amide bonds. The molecule has 0 saturated heterocycles. The van der Waals surface area contributed by atoms with Gasteiger partial charge in [0.1, 0.15) is 0 Å². The van der Waals surface area contributed by atoms with Crippen molar-refractivity contribution < 1.29 is 19.1 Å². The number of ether oxygens (including phenoxy) is 2. The number of nitrogens with zero attached hydrogens (tertiary/aromatic N) is 2. The number of unbranched alkanes of at least 4 members (excludes halogenated alkanes) is 12. The van der Waals surface area contributed by atoms with Crippen LogP contribution < -0.4 is 0 Å². The van der Waals surface area contributed by atoms with Gasteiger partial charge in [-0.25, -0.2) is 9.59 Å². The Kier molecular flexibility index (Phi) is 22.4. The van der Waals surface area contributed by atoms with E-state index < -0.39 is 11.9 Å². The maximum absolute atomic E-state index is 12.7. The van der Waals surface area contributed by atoms with Gasteiger partial charge in [-0.2, -0.15) is 0 Å². The molecule has 40 heavy (non-hydrogen) atoms. The maximum Gasteiger partial charge on any atom is 0.339 e. The first-order chi connectivity index (χ1) is 19.5. The Hall–Kier alpha value is -1.92. The molecule has 0 aromatic heterocycles. The van der Waals surface area contributed by atoms with Gasteiger partial charge >= 0.3 is 11.9 Å². The summed E-state index contributed by atoms with van der Waals surface area (Å²) in [7, 11) is 4.25. The van der Waals surface area contributed by atoms with Crippen molar-refractivity contribution in [2.45, 2.75) is 117 Å². The average molecular weight is 561 g/mol. The van der Waals surface area contributed by atoms with E-state index in [-0.39, 0.29) is 11.1 Å². The van der Waals surface area contributed by atoms with Crippen molar-refractivity contribution in [2.24, 2.45) is 0 Å². The number of carbonyl (C=O) groups excluding carboxylic acids is 2. The Bertz CT molecular complexity index is 707. The number of hydrogen-bond acceptors (Lipinski definition) is 6. The summed E-state index contributed by atoms with van der Waals surface area (Å²) >= 11 is 0. The largest absolute Gasteiger partial charge is 0.462 e. The predicted molar refractivity (Wildman–Crippen MR) is 167 cm³/mol. The second-order valence-electron chi connectivity index (χ2n) is 11.4. The van der Waals surface area contributed by atoms with Crippen LogP contribution in [0.4, 0.5) is 0 Å². The lowest BCUT2D eigenvalue weighted by Gasteiger charge is -2.17. The molecule has 0 unspecified atom stereocenters. The second kappa shape index (κ2) is 24.8. The van der Waals surface area contributed by atoms with Crippen LogP contribution in [0, 0.1) is 0 Å². The van der Waals surface area contributed by atoms with Crippen LogP contribution in [0.5, 0.6) is 0 Å². The van der Waals surface area contributed by atoms with Crippen LogP contribution in [0.3, 0.4) is 0 Å². The van der Waals surface area contributed by atoms with Crippen molar-refractivity contribution in [1.29, 1.82) is 0 Å². The van der Waals surface area contributed by atoms with E-state index in [0.717, 1.165) is 39.0 Å². The summed E-state index contributed by atoms with van der Waals surface area (Å²) in [6.45, 7) is 9.11. The third-order valence-electron chi connectivity index (χ3n) is 7.49. The Morgan fingerprint density at radius 1 is 0.525 bits per heavy atom. The lowest BCUT2D eigenvalue weighted by Crippen LogP contribution is -2.23. The van der Waals surface area contributed by atoms with Crippen LogP contribution in [0.1, 0.15) is 137 Å². The molecule has 6 nitrogen and oxygen atoms in total. The Morgan fingerprint density at radius 3 is 1.23 bits per heavy atom. The normalized spacial score (nSPS) is 11.3. The Labute approximate surface area is 246 Å². The molecule has 0 bridgehead atoms. The summed E-state index contributed by atoms with van der Waals surface area (Å²) in [5, 5.41) is 0. The van der Waals surface area contributed by atoms with Gasteiger partial charge in [0.15, 0.2) is 0 Å². The van der Waals surface area contributed by atoms with Crippen molar-refractivity contribution in [3.8, 4) is 0 Å². The van der Waals surface area contributed by atoms with Crippen molar-refractivity contribution in [2.75, 3.05) is 53.5 Å². The van der Waals surface area contributed by atoms with Gasteiger partial charge in [0, 0.05) is 13.1 Å². The molecule has 1 aromatic rings. The fourth-order valence-corrected chi connectivity index (χ4v) is 4.89. The van der Waals surface area contributed by atoms with E-state index in [9.17, 15) is 9.59 Å². The molecule has 230 valence electrons. The highest BCUT2D eigenvalue weighted by Crippen LogP contribution is 2.13. The smallest absolute Gasteiger partial charge is 0.339 e. The first-order valence-electron chi connectivity index (χ1n) is 16.3. The van der Waals surface area contributed by atoms with E-state index in [0.29, 0.717) is 13.2 Å². The molecule has 0 aliphatic heterocycles. The van der Waals surface area contributed by atoms with Gasteiger partial charge in [-0.1, -0.05) is 103 Å². The third kappa shape index (κ3) is 18.4. The van der Waals surface area contributed by atoms with Crippen LogP contribution in [-0.4, -0.2) is 75.2 Å². The lowest BCUT2D eigenvalue weighted by atomic mass is 10.1. The molecule has 0 heterocycles. The molecule has 6 heteroatoms. The van der Waals surface area contributed by atoms with Gasteiger partial charge in [-0.05, 0) is 65.0 Å². The number of esters is 2. The first-order valence-corrected chi connectivity index (χ1v) is 16.3. The summed E-state index contributed by atoms with van der Waals surface area (Å²) in [4.78, 5) is 30.0. The van der Waals surface area contributed by atoms with E-state index in [4.69, 9.17) is 9.47 Å². The van der Waals surface area contributed by atoms with E-state index in [1.807, 2.05) is 0 Å². The molecular weight excluding hydrogens is 500 g/mol. The molecule has 0 spiro atoms. The predicted octanol–water partition coefficient (Wildman–Crippen LogP) is 8.15. The molecule has 0 aliphatic rings. The third-order valence-corrected chi connectivity index (χ3v) is 7.49. The zero-order chi connectivity index (χ0) is 29.3. The zero-order valence-electron chi connectivity index (χ0n) is 26.4. The maximum atomic E-state index is 12.7. The quantitative estimate of drug-likeness (QED) is 0.0842. The molecule has 1 aromatic carbocycles. The standard InChI is InChI=1S/C34H60N2O4/c1-5-7-9-11-13-15-19-25-35(3)27-21-29-39-33(37)31-23-17-18-24-32(31)34(38)40-30-22-28-36(4)26-20-16-14-12-10-8-6-2/h17-18,23-24H,5-16,19-22,25-30H2,1-4H3. The minimum atomic E-state index is -0.461. The number of hydrogen-bond donors (Lipinski definition) is 0. The van der Waals surface area contributed by atoms with E-state index in [1.54, 1.807) is 24.3 Å². The monoisotopic (exact) mass is 560 g/mol. The van der Waals surface area contributed by atoms with Crippen molar-refractivity contribution in [1.82, 2.24) is 9.80 Å². The van der Waals surface area contributed by atoms with Gasteiger partial charge < -0.3 is 19.3 Å². The van der Waals surface area contributed by atoms with Gasteiger partial charge in [-0.15, -0.1) is 0 Å². The summed E-state index contributed by atoms with van der Waals surface area (Å²) in [6.07, 6.45) is 19.9. The second-order valence-corrected chi connectivity index (χ2v) is 11.4.